The minimum absolute atomic E-state index is 0.255. The van der Waals surface area contributed by atoms with Crippen molar-refractivity contribution >= 4 is 5.82 Å². The van der Waals surface area contributed by atoms with Gasteiger partial charge in [0, 0.05) is 12.1 Å². The first-order valence-corrected chi connectivity index (χ1v) is 4.36. The highest BCUT2D eigenvalue weighted by atomic mass is 19.4. The van der Waals surface area contributed by atoms with Crippen molar-refractivity contribution in [2.75, 3.05) is 5.73 Å². The lowest BCUT2D eigenvalue weighted by Crippen LogP contribution is -2.23. The fraction of sp³-hybridized carbons (Fsp3) is 0.375. The van der Waals surface area contributed by atoms with Gasteiger partial charge in [0.2, 0.25) is 0 Å². The maximum Gasteiger partial charge on any atom is 0.573 e. The Balaban J connectivity index is 3.43. The van der Waals surface area contributed by atoms with E-state index in [2.05, 4.69) is 9.72 Å². The van der Waals surface area contributed by atoms with Gasteiger partial charge in [0.25, 0.3) is 0 Å². The van der Waals surface area contributed by atoms with Gasteiger partial charge < -0.3 is 16.2 Å². The second-order valence-corrected chi connectivity index (χ2v) is 3.11. The zero-order chi connectivity index (χ0) is 14.1. The van der Waals surface area contributed by atoms with E-state index in [1.54, 1.807) is 0 Å². The summed E-state index contributed by atoms with van der Waals surface area (Å²) >= 11 is 0. The number of alkyl halides is 6. The Morgan fingerprint density at radius 3 is 2.11 bits per heavy atom. The van der Waals surface area contributed by atoms with Crippen molar-refractivity contribution in [3.63, 3.8) is 0 Å². The first-order valence-electron chi connectivity index (χ1n) is 4.36. The number of nitrogen functional groups attached to an aromatic ring is 1. The van der Waals surface area contributed by atoms with E-state index >= 15 is 0 Å². The lowest BCUT2D eigenvalue weighted by atomic mass is 10.1. The summed E-state index contributed by atoms with van der Waals surface area (Å²) in [6.07, 6.45) is -10.1. The van der Waals surface area contributed by atoms with Gasteiger partial charge in [-0.25, -0.2) is 4.98 Å². The number of aromatic nitrogens is 1. The molecule has 1 heterocycles. The van der Waals surface area contributed by atoms with Crippen LogP contribution in [0.3, 0.4) is 0 Å². The van der Waals surface area contributed by atoms with Crippen molar-refractivity contribution in [2.24, 2.45) is 5.73 Å². The molecule has 0 radical (unpaired) electrons. The molecule has 0 atom stereocenters. The van der Waals surface area contributed by atoms with E-state index < -0.39 is 41.8 Å². The second-order valence-electron chi connectivity index (χ2n) is 3.11. The Bertz CT molecular complexity index is 442. The van der Waals surface area contributed by atoms with Crippen LogP contribution in [0.1, 0.15) is 11.1 Å². The Hall–Kier alpha value is -1.71. The monoisotopic (exact) mass is 275 g/mol. The topological polar surface area (TPSA) is 74.2 Å². The zero-order valence-corrected chi connectivity index (χ0v) is 8.56. The first-order chi connectivity index (χ1) is 8.06. The molecular weight excluding hydrogens is 268 g/mol. The average molecular weight is 275 g/mol. The normalized spacial score (nSPS) is 12.6. The van der Waals surface area contributed by atoms with Crippen molar-refractivity contribution < 1.29 is 31.1 Å². The molecule has 4 nitrogen and oxygen atoms in total. The van der Waals surface area contributed by atoms with Crippen molar-refractivity contribution in [3.05, 3.63) is 17.3 Å². The van der Waals surface area contributed by atoms with Crippen LogP contribution in [0.4, 0.5) is 32.2 Å². The van der Waals surface area contributed by atoms with Crippen molar-refractivity contribution in [1.82, 2.24) is 4.98 Å². The molecule has 0 unspecified atom stereocenters. The standard InChI is InChI=1S/C8H7F6N3O/c9-7(10,11)5-3(1-15)6(16)17-2-4(5)18-8(12,13)14/h2H,1,15H2,(H2,16,17). The molecule has 102 valence electrons. The van der Waals surface area contributed by atoms with Crippen LogP contribution < -0.4 is 16.2 Å². The Morgan fingerprint density at radius 1 is 1.17 bits per heavy atom. The number of pyridine rings is 1. The van der Waals surface area contributed by atoms with Gasteiger partial charge in [0.1, 0.15) is 11.4 Å². The fourth-order valence-corrected chi connectivity index (χ4v) is 1.27. The Labute approximate surface area is 96.5 Å². The maximum absolute atomic E-state index is 12.7. The molecule has 0 aromatic carbocycles. The third-order valence-electron chi connectivity index (χ3n) is 1.89. The number of hydrogen-bond donors (Lipinski definition) is 2. The molecule has 1 aromatic rings. The zero-order valence-electron chi connectivity index (χ0n) is 8.56. The van der Waals surface area contributed by atoms with Gasteiger partial charge in [0.15, 0.2) is 5.75 Å². The summed E-state index contributed by atoms with van der Waals surface area (Å²) in [4.78, 5) is 3.18. The number of hydrogen-bond acceptors (Lipinski definition) is 4. The third kappa shape index (κ3) is 3.15. The number of rotatable bonds is 2. The van der Waals surface area contributed by atoms with Gasteiger partial charge in [-0.15, -0.1) is 13.2 Å². The average Bonchev–Trinajstić information content (AvgIpc) is 2.16. The van der Waals surface area contributed by atoms with Crippen molar-refractivity contribution in [1.29, 1.82) is 0 Å². The van der Waals surface area contributed by atoms with Gasteiger partial charge in [-0.05, 0) is 0 Å². The molecule has 0 fully saturated rings. The molecule has 0 amide bonds. The van der Waals surface area contributed by atoms with E-state index in [1.807, 2.05) is 0 Å². The molecule has 18 heavy (non-hydrogen) atoms. The Kier molecular flexibility index (Phi) is 3.60. The Morgan fingerprint density at radius 2 is 1.72 bits per heavy atom. The minimum atomic E-state index is -5.27. The van der Waals surface area contributed by atoms with Crippen LogP contribution >= 0.6 is 0 Å². The smallest absolute Gasteiger partial charge is 0.403 e. The van der Waals surface area contributed by atoms with Crippen LogP contribution in [0, 0.1) is 0 Å². The highest BCUT2D eigenvalue weighted by Crippen LogP contribution is 2.41. The van der Waals surface area contributed by atoms with Crippen LogP contribution in [-0.4, -0.2) is 11.3 Å². The SMILES string of the molecule is NCc1c(N)ncc(OC(F)(F)F)c1C(F)(F)F. The molecule has 0 saturated carbocycles. The lowest BCUT2D eigenvalue weighted by molar-refractivity contribution is -0.276. The maximum atomic E-state index is 12.7. The highest BCUT2D eigenvalue weighted by molar-refractivity contribution is 5.52. The van der Waals surface area contributed by atoms with Gasteiger partial charge in [-0.1, -0.05) is 0 Å². The van der Waals surface area contributed by atoms with Crippen molar-refractivity contribution in [3.8, 4) is 5.75 Å². The van der Waals surface area contributed by atoms with E-state index in [9.17, 15) is 26.3 Å². The van der Waals surface area contributed by atoms with Gasteiger partial charge in [-0.2, -0.15) is 13.2 Å². The molecule has 0 bridgehead atoms. The quantitative estimate of drug-likeness (QED) is 0.810. The van der Waals surface area contributed by atoms with Crippen LogP contribution in [0.25, 0.3) is 0 Å². The summed E-state index contributed by atoms with van der Waals surface area (Å²) in [5.41, 5.74) is 7.74. The van der Waals surface area contributed by atoms with Crippen LogP contribution in [0.2, 0.25) is 0 Å². The van der Waals surface area contributed by atoms with Crippen LogP contribution in [0.15, 0.2) is 6.20 Å². The van der Waals surface area contributed by atoms with Gasteiger partial charge in [0.05, 0.1) is 6.20 Å². The molecule has 4 N–H and O–H groups in total. The molecule has 1 rings (SSSR count). The summed E-state index contributed by atoms with van der Waals surface area (Å²) in [7, 11) is 0. The van der Waals surface area contributed by atoms with E-state index in [0.717, 1.165) is 0 Å². The van der Waals surface area contributed by atoms with E-state index in [4.69, 9.17) is 11.5 Å². The first kappa shape index (κ1) is 14.4. The van der Waals surface area contributed by atoms with E-state index in [1.165, 1.54) is 0 Å². The third-order valence-corrected chi connectivity index (χ3v) is 1.89. The lowest BCUT2D eigenvalue weighted by Gasteiger charge is -2.18. The summed E-state index contributed by atoms with van der Waals surface area (Å²) in [6, 6.07) is 0. The molecule has 0 aliphatic carbocycles. The van der Waals surface area contributed by atoms with E-state index in [-0.39, 0.29) is 6.20 Å². The summed E-state index contributed by atoms with van der Waals surface area (Å²) in [5.74, 6) is -2.08. The summed E-state index contributed by atoms with van der Waals surface area (Å²) in [5, 5.41) is 0. The van der Waals surface area contributed by atoms with Gasteiger partial charge >= 0.3 is 12.5 Å². The van der Waals surface area contributed by atoms with Crippen LogP contribution in [0.5, 0.6) is 5.75 Å². The van der Waals surface area contributed by atoms with E-state index in [0.29, 0.717) is 0 Å². The summed E-state index contributed by atoms with van der Waals surface area (Å²) in [6.45, 7) is -0.720. The number of nitrogens with two attached hydrogens (primary N) is 2. The van der Waals surface area contributed by atoms with Crippen LogP contribution in [-0.2, 0) is 12.7 Å². The largest absolute Gasteiger partial charge is 0.573 e. The molecule has 0 aliphatic rings. The molecule has 0 saturated heterocycles. The molecule has 0 spiro atoms. The highest BCUT2D eigenvalue weighted by Gasteiger charge is 2.42. The van der Waals surface area contributed by atoms with Crippen molar-refractivity contribution in [2.45, 2.75) is 19.1 Å². The van der Waals surface area contributed by atoms with Gasteiger partial charge in [-0.3, -0.25) is 0 Å². The molecule has 1 aromatic heterocycles. The predicted octanol–water partition coefficient (Wildman–Crippen LogP) is 2.04. The molecule has 10 heteroatoms. The predicted molar refractivity (Wildman–Crippen MR) is 48.2 cm³/mol. The second kappa shape index (κ2) is 4.52. The number of anilines is 1. The summed E-state index contributed by atoms with van der Waals surface area (Å²) < 4.78 is 77.2. The number of ether oxygens (including phenoxy) is 1. The number of nitrogens with zero attached hydrogens (tertiary/aromatic N) is 1. The fourth-order valence-electron chi connectivity index (χ4n) is 1.27. The number of halogens is 6. The molecular formula is C8H7F6N3O. The molecule has 0 aliphatic heterocycles. The minimum Gasteiger partial charge on any atom is -0.403 e.